The Hall–Kier alpha value is -1.54. The summed E-state index contributed by atoms with van der Waals surface area (Å²) in [6, 6.07) is 1.72. The van der Waals surface area contributed by atoms with Crippen molar-refractivity contribution in [1.29, 1.82) is 0 Å². The molecule has 2 amide bonds. The number of rotatable bonds is 9. The van der Waals surface area contributed by atoms with Crippen LogP contribution in [0.15, 0.2) is 16.8 Å². The van der Waals surface area contributed by atoms with Crippen LogP contribution in [0.4, 0.5) is 0 Å². The Morgan fingerprint density at radius 3 is 2.70 bits per heavy atom. The van der Waals surface area contributed by atoms with Crippen molar-refractivity contribution in [3.8, 4) is 0 Å². The molecule has 0 saturated heterocycles. The molecule has 20 heavy (non-hydrogen) atoms. The van der Waals surface area contributed by atoms with Gasteiger partial charge in [-0.3, -0.25) is 14.4 Å². The van der Waals surface area contributed by atoms with Crippen LogP contribution < -0.4 is 10.6 Å². The van der Waals surface area contributed by atoms with E-state index in [0.29, 0.717) is 17.9 Å². The van der Waals surface area contributed by atoms with Crippen LogP contribution in [0, 0.1) is 0 Å². The first-order valence-electron chi connectivity index (χ1n) is 5.96. The first-order chi connectivity index (χ1) is 9.59. The zero-order chi connectivity index (χ0) is 14.8. The van der Waals surface area contributed by atoms with Gasteiger partial charge in [-0.05, 0) is 11.4 Å². The highest BCUT2D eigenvalue weighted by Crippen LogP contribution is 2.05. The number of amides is 2. The molecule has 1 rings (SSSR count). The van der Waals surface area contributed by atoms with E-state index in [1.807, 2.05) is 5.38 Å². The first-order valence-corrected chi connectivity index (χ1v) is 8.06. The molecule has 8 heteroatoms. The van der Waals surface area contributed by atoms with Gasteiger partial charge < -0.3 is 15.7 Å². The highest BCUT2D eigenvalue weighted by atomic mass is 32.2. The molecular formula is C12H16N2O4S2. The molecule has 6 nitrogen and oxygen atoms in total. The van der Waals surface area contributed by atoms with Crippen LogP contribution in [-0.2, 0) is 9.59 Å². The molecule has 0 bridgehead atoms. The van der Waals surface area contributed by atoms with Gasteiger partial charge in [-0.2, -0.15) is 11.3 Å². The van der Waals surface area contributed by atoms with Crippen LogP contribution in [-0.4, -0.2) is 47.5 Å². The molecular weight excluding hydrogens is 300 g/mol. The first kappa shape index (κ1) is 16.5. The maximum Gasteiger partial charge on any atom is 0.313 e. The largest absolute Gasteiger partial charge is 0.481 e. The summed E-state index contributed by atoms with van der Waals surface area (Å²) in [5, 5.41) is 17.3. The summed E-state index contributed by atoms with van der Waals surface area (Å²) in [4.78, 5) is 33.2. The summed E-state index contributed by atoms with van der Waals surface area (Å²) >= 11 is 2.69. The number of thioether (sulfide) groups is 1. The second kappa shape index (κ2) is 9.38. The standard InChI is InChI=1S/C12H16N2O4S2/c15-10(13-4-6-20-8-11(16)17)1-3-14-12(18)9-2-5-19-7-9/h2,5,7H,1,3-4,6,8H2,(H,13,15)(H,14,18)(H,16,17). The summed E-state index contributed by atoms with van der Waals surface area (Å²) in [5.74, 6) is -0.619. The molecule has 0 fully saturated rings. The van der Waals surface area contributed by atoms with E-state index in [4.69, 9.17) is 5.11 Å². The van der Waals surface area contributed by atoms with E-state index in [1.165, 1.54) is 23.1 Å². The highest BCUT2D eigenvalue weighted by molar-refractivity contribution is 7.99. The van der Waals surface area contributed by atoms with Crippen LogP contribution in [0.1, 0.15) is 16.8 Å². The third-order valence-electron chi connectivity index (χ3n) is 2.22. The van der Waals surface area contributed by atoms with Gasteiger partial charge in [-0.1, -0.05) is 0 Å². The van der Waals surface area contributed by atoms with Gasteiger partial charge in [0.2, 0.25) is 5.91 Å². The van der Waals surface area contributed by atoms with Crippen molar-refractivity contribution in [2.45, 2.75) is 6.42 Å². The van der Waals surface area contributed by atoms with Gasteiger partial charge in [0.25, 0.3) is 5.91 Å². The molecule has 0 unspecified atom stereocenters. The van der Waals surface area contributed by atoms with Gasteiger partial charge in [-0.15, -0.1) is 11.8 Å². The Kier molecular flexibility index (Phi) is 7.74. The number of hydrogen-bond acceptors (Lipinski definition) is 5. The van der Waals surface area contributed by atoms with Gasteiger partial charge in [0, 0.05) is 36.2 Å². The maximum absolute atomic E-state index is 11.6. The molecule has 110 valence electrons. The molecule has 0 saturated carbocycles. The van der Waals surface area contributed by atoms with Crippen molar-refractivity contribution in [2.24, 2.45) is 0 Å². The average molecular weight is 316 g/mol. The molecule has 0 aliphatic carbocycles. The van der Waals surface area contributed by atoms with Crippen molar-refractivity contribution in [3.05, 3.63) is 22.4 Å². The summed E-state index contributed by atoms with van der Waals surface area (Å²) in [6.07, 6.45) is 0.208. The third kappa shape index (κ3) is 7.15. The zero-order valence-corrected chi connectivity index (χ0v) is 12.4. The Morgan fingerprint density at radius 2 is 2.05 bits per heavy atom. The summed E-state index contributed by atoms with van der Waals surface area (Å²) < 4.78 is 0. The van der Waals surface area contributed by atoms with Crippen LogP contribution in [0.5, 0.6) is 0 Å². The Labute approximate surface area is 124 Å². The number of carbonyl (C=O) groups is 3. The van der Waals surface area contributed by atoms with E-state index in [-0.39, 0.29) is 30.5 Å². The number of hydrogen-bond donors (Lipinski definition) is 3. The Balaban J connectivity index is 2.03. The third-order valence-corrected chi connectivity index (χ3v) is 3.84. The minimum absolute atomic E-state index is 0.0343. The van der Waals surface area contributed by atoms with Crippen molar-refractivity contribution in [1.82, 2.24) is 10.6 Å². The topological polar surface area (TPSA) is 95.5 Å². The lowest BCUT2D eigenvalue weighted by atomic mass is 10.3. The molecule has 3 N–H and O–H groups in total. The minimum atomic E-state index is -0.863. The fraction of sp³-hybridized carbons (Fsp3) is 0.417. The van der Waals surface area contributed by atoms with Crippen molar-refractivity contribution in [3.63, 3.8) is 0 Å². The van der Waals surface area contributed by atoms with E-state index in [1.54, 1.807) is 11.4 Å². The van der Waals surface area contributed by atoms with Crippen LogP contribution in [0.25, 0.3) is 0 Å². The van der Waals surface area contributed by atoms with Crippen LogP contribution >= 0.6 is 23.1 Å². The number of thiophene rings is 1. The quantitative estimate of drug-likeness (QED) is 0.586. The maximum atomic E-state index is 11.6. The lowest BCUT2D eigenvalue weighted by Crippen LogP contribution is -2.31. The summed E-state index contributed by atoms with van der Waals surface area (Å²) in [5.41, 5.74) is 0.598. The van der Waals surface area contributed by atoms with E-state index in [2.05, 4.69) is 10.6 Å². The van der Waals surface area contributed by atoms with Gasteiger partial charge >= 0.3 is 5.97 Å². The lowest BCUT2D eigenvalue weighted by molar-refractivity contribution is -0.133. The smallest absolute Gasteiger partial charge is 0.313 e. The second-order valence-corrected chi connectivity index (χ2v) is 5.70. The van der Waals surface area contributed by atoms with Crippen LogP contribution in [0.3, 0.4) is 0 Å². The minimum Gasteiger partial charge on any atom is -0.481 e. The van der Waals surface area contributed by atoms with Crippen molar-refractivity contribution in [2.75, 3.05) is 24.6 Å². The molecule has 0 radical (unpaired) electrons. The number of carboxylic acids is 1. The average Bonchev–Trinajstić information content (AvgIpc) is 2.91. The fourth-order valence-electron chi connectivity index (χ4n) is 1.30. The van der Waals surface area contributed by atoms with E-state index in [0.717, 1.165) is 0 Å². The van der Waals surface area contributed by atoms with Crippen molar-refractivity contribution >= 4 is 40.9 Å². The molecule has 1 aromatic heterocycles. The number of aliphatic carboxylic acids is 1. The predicted octanol–water partition coefficient (Wildman–Crippen LogP) is 0.802. The van der Waals surface area contributed by atoms with Gasteiger partial charge in [0.05, 0.1) is 5.75 Å². The Morgan fingerprint density at radius 1 is 1.25 bits per heavy atom. The van der Waals surface area contributed by atoms with E-state index < -0.39 is 5.97 Å². The molecule has 0 aliphatic heterocycles. The molecule has 1 aromatic rings. The highest BCUT2D eigenvalue weighted by Gasteiger charge is 2.06. The Bertz CT molecular complexity index is 448. The van der Waals surface area contributed by atoms with Gasteiger partial charge in [0.1, 0.15) is 0 Å². The van der Waals surface area contributed by atoms with Gasteiger partial charge in [0.15, 0.2) is 0 Å². The molecule has 1 heterocycles. The normalized spacial score (nSPS) is 10.0. The monoisotopic (exact) mass is 316 g/mol. The molecule has 0 aromatic carbocycles. The summed E-state index contributed by atoms with van der Waals surface area (Å²) in [7, 11) is 0. The molecule has 0 spiro atoms. The second-order valence-electron chi connectivity index (χ2n) is 3.81. The SMILES string of the molecule is O=C(O)CSCCNC(=O)CCNC(=O)c1ccsc1. The van der Waals surface area contributed by atoms with Crippen LogP contribution in [0.2, 0.25) is 0 Å². The summed E-state index contributed by atoms with van der Waals surface area (Å²) in [6.45, 7) is 0.706. The number of nitrogens with one attached hydrogen (secondary N) is 2. The molecule has 0 aliphatic rings. The number of carboxylic acid groups (broad SMARTS) is 1. The number of carbonyl (C=O) groups excluding carboxylic acids is 2. The zero-order valence-electron chi connectivity index (χ0n) is 10.8. The van der Waals surface area contributed by atoms with E-state index >= 15 is 0 Å². The van der Waals surface area contributed by atoms with Gasteiger partial charge in [-0.25, -0.2) is 0 Å². The van der Waals surface area contributed by atoms with E-state index in [9.17, 15) is 14.4 Å². The van der Waals surface area contributed by atoms with Crippen molar-refractivity contribution < 1.29 is 19.5 Å². The molecule has 0 atom stereocenters. The lowest BCUT2D eigenvalue weighted by Gasteiger charge is -2.05. The predicted molar refractivity (Wildman–Crippen MR) is 79.2 cm³/mol. The fourth-order valence-corrected chi connectivity index (χ4v) is 2.50.